The molecule has 6 N–H and O–H groups in total. The standard InChI is InChI=1S/C27H35N7O4.H2S/c1-34(2)13-4-3-8-23(28)27(37)29-16-19-6-5-7-21(14-19)33-25-15-24(30-18-31-25)32-20-9-11-22(12-10-20)38-17-26(35)36;/h5-7,9-12,14-15,18,23H,3-4,8,13,16-17,28H2,1-2H3,(H,29,37)(H,35,36)(H2,30,31,32,33);1H2/t23-;/m0./s1. The van der Waals surface area contributed by atoms with E-state index in [1.165, 1.54) is 6.33 Å². The molecule has 0 saturated carbocycles. The lowest BCUT2D eigenvalue weighted by atomic mass is 10.1. The van der Waals surface area contributed by atoms with Gasteiger partial charge >= 0.3 is 5.97 Å². The molecular weight excluding hydrogens is 518 g/mol. The van der Waals surface area contributed by atoms with Crippen molar-refractivity contribution in [3.63, 3.8) is 0 Å². The topological polar surface area (TPSA) is 155 Å². The zero-order valence-corrected chi connectivity index (χ0v) is 23.2. The van der Waals surface area contributed by atoms with E-state index in [1.54, 1.807) is 30.3 Å². The first kappa shape index (κ1) is 31.3. The number of benzene rings is 2. The first-order chi connectivity index (χ1) is 18.3. The number of aromatic nitrogens is 2. The van der Waals surface area contributed by atoms with Gasteiger partial charge in [-0.2, -0.15) is 13.5 Å². The zero-order valence-electron chi connectivity index (χ0n) is 22.2. The van der Waals surface area contributed by atoms with Crippen molar-refractivity contribution >= 4 is 48.4 Å². The van der Waals surface area contributed by atoms with Crippen LogP contribution in [0.3, 0.4) is 0 Å². The molecule has 3 aromatic rings. The second kappa shape index (κ2) is 16.2. The Bertz CT molecular complexity index is 1190. The number of aliphatic carboxylic acids is 1. The second-order valence-corrected chi connectivity index (χ2v) is 9.07. The molecule has 0 radical (unpaired) electrons. The average Bonchev–Trinajstić information content (AvgIpc) is 2.89. The Hall–Kier alpha value is -3.87. The van der Waals surface area contributed by atoms with Gasteiger partial charge in [0.2, 0.25) is 5.91 Å². The number of nitrogens with zero attached hydrogens (tertiary/aromatic N) is 3. The highest BCUT2D eigenvalue weighted by Crippen LogP contribution is 2.22. The number of hydrogen-bond donors (Lipinski definition) is 5. The van der Waals surface area contributed by atoms with E-state index in [-0.39, 0.29) is 19.4 Å². The molecule has 1 amide bonds. The van der Waals surface area contributed by atoms with E-state index in [2.05, 4.69) is 30.8 Å². The molecule has 1 atom stereocenters. The number of carbonyl (C=O) groups is 2. The largest absolute Gasteiger partial charge is 0.482 e. The number of ether oxygens (including phenoxy) is 1. The maximum Gasteiger partial charge on any atom is 0.341 e. The molecule has 0 aliphatic heterocycles. The lowest BCUT2D eigenvalue weighted by Gasteiger charge is -2.14. The molecule has 3 rings (SSSR count). The Morgan fingerprint density at radius 1 is 1.00 bits per heavy atom. The Balaban J connectivity index is 0.00000533. The summed E-state index contributed by atoms with van der Waals surface area (Å²) < 4.78 is 5.14. The van der Waals surface area contributed by atoms with Crippen LogP contribution in [0.2, 0.25) is 0 Å². The van der Waals surface area contributed by atoms with Crippen molar-refractivity contribution < 1.29 is 19.4 Å². The van der Waals surface area contributed by atoms with Gasteiger partial charge in [0.15, 0.2) is 6.61 Å². The second-order valence-electron chi connectivity index (χ2n) is 9.07. The SMILES string of the molecule is CN(C)CCCC[C@H](N)C(=O)NCc1cccc(Nc2cc(Nc3ccc(OCC(=O)O)cc3)ncn2)c1.S. The molecule has 2 aromatic carbocycles. The third kappa shape index (κ3) is 11.6. The minimum atomic E-state index is -1.03. The predicted molar refractivity (Wildman–Crippen MR) is 157 cm³/mol. The highest BCUT2D eigenvalue weighted by atomic mass is 32.1. The first-order valence-corrected chi connectivity index (χ1v) is 12.4. The van der Waals surface area contributed by atoms with E-state index in [0.29, 0.717) is 30.4 Å². The van der Waals surface area contributed by atoms with Crippen LogP contribution in [0.4, 0.5) is 23.0 Å². The molecule has 1 heterocycles. The van der Waals surface area contributed by atoms with E-state index in [9.17, 15) is 9.59 Å². The van der Waals surface area contributed by atoms with Crippen molar-refractivity contribution in [2.45, 2.75) is 31.8 Å². The summed E-state index contributed by atoms with van der Waals surface area (Å²) in [5.74, 6) is 0.436. The number of amides is 1. The molecule has 0 fully saturated rings. The third-order valence-corrected chi connectivity index (χ3v) is 5.53. The molecular formula is C27H37N7O4S. The van der Waals surface area contributed by atoms with E-state index in [1.807, 2.05) is 38.4 Å². The molecule has 0 aliphatic rings. The molecule has 0 aliphatic carbocycles. The van der Waals surface area contributed by atoms with E-state index < -0.39 is 18.6 Å². The van der Waals surface area contributed by atoms with Crippen LogP contribution in [0, 0.1) is 0 Å². The maximum absolute atomic E-state index is 12.4. The lowest BCUT2D eigenvalue weighted by Crippen LogP contribution is -2.40. The number of carbonyl (C=O) groups excluding carboxylic acids is 1. The number of carboxylic acid groups (broad SMARTS) is 1. The minimum absolute atomic E-state index is 0. The van der Waals surface area contributed by atoms with E-state index in [4.69, 9.17) is 15.6 Å². The number of unbranched alkanes of at least 4 members (excludes halogenated alkanes) is 1. The van der Waals surface area contributed by atoms with Gasteiger partial charge in [-0.15, -0.1) is 0 Å². The van der Waals surface area contributed by atoms with E-state index in [0.717, 1.165) is 36.3 Å². The van der Waals surface area contributed by atoms with Crippen molar-refractivity contribution in [1.29, 1.82) is 0 Å². The van der Waals surface area contributed by atoms with Crippen LogP contribution in [0.25, 0.3) is 0 Å². The van der Waals surface area contributed by atoms with Crippen LogP contribution >= 0.6 is 13.5 Å². The summed E-state index contributed by atoms with van der Waals surface area (Å²) in [6, 6.07) is 15.8. The predicted octanol–water partition coefficient (Wildman–Crippen LogP) is 3.22. The number of nitrogens with two attached hydrogens (primary N) is 1. The smallest absolute Gasteiger partial charge is 0.341 e. The molecule has 0 bridgehead atoms. The molecule has 0 saturated heterocycles. The summed E-state index contributed by atoms with van der Waals surface area (Å²) in [7, 11) is 4.06. The summed E-state index contributed by atoms with van der Waals surface area (Å²) in [4.78, 5) is 33.6. The third-order valence-electron chi connectivity index (χ3n) is 5.53. The Labute approximate surface area is 235 Å². The van der Waals surface area contributed by atoms with Gasteiger partial charge in [0.05, 0.1) is 6.04 Å². The molecule has 210 valence electrons. The van der Waals surface area contributed by atoms with Gasteiger partial charge in [0, 0.05) is 24.0 Å². The number of hydrogen-bond acceptors (Lipinski definition) is 9. The van der Waals surface area contributed by atoms with Crippen LogP contribution in [0.15, 0.2) is 60.9 Å². The number of rotatable bonds is 15. The van der Waals surface area contributed by atoms with Crippen molar-refractivity contribution in [2.24, 2.45) is 5.73 Å². The van der Waals surface area contributed by atoms with Gasteiger partial charge in [0.25, 0.3) is 0 Å². The van der Waals surface area contributed by atoms with Crippen molar-refractivity contribution in [3.05, 3.63) is 66.5 Å². The van der Waals surface area contributed by atoms with Gasteiger partial charge < -0.3 is 36.4 Å². The summed E-state index contributed by atoms with van der Waals surface area (Å²) in [6.45, 7) is 0.964. The fraction of sp³-hybridized carbons (Fsp3) is 0.333. The van der Waals surface area contributed by atoms with E-state index >= 15 is 0 Å². The van der Waals surface area contributed by atoms with Crippen LogP contribution in [0.1, 0.15) is 24.8 Å². The highest BCUT2D eigenvalue weighted by molar-refractivity contribution is 7.59. The summed E-state index contributed by atoms with van der Waals surface area (Å²) in [5, 5.41) is 18.1. The lowest BCUT2D eigenvalue weighted by molar-refractivity contribution is -0.139. The Kier molecular flexibility index (Phi) is 13.0. The van der Waals surface area contributed by atoms with Gasteiger partial charge in [-0.1, -0.05) is 18.6 Å². The fourth-order valence-corrected chi connectivity index (χ4v) is 3.57. The van der Waals surface area contributed by atoms with Gasteiger partial charge in [-0.3, -0.25) is 4.79 Å². The monoisotopic (exact) mass is 555 g/mol. The first-order valence-electron chi connectivity index (χ1n) is 12.4. The molecule has 11 nitrogen and oxygen atoms in total. The van der Waals surface area contributed by atoms with Gasteiger partial charge in [0.1, 0.15) is 23.7 Å². The van der Waals surface area contributed by atoms with Crippen LogP contribution in [0.5, 0.6) is 5.75 Å². The van der Waals surface area contributed by atoms with Gasteiger partial charge in [-0.25, -0.2) is 14.8 Å². The quantitative estimate of drug-likeness (QED) is 0.177. The van der Waals surface area contributed by atoms with Gasteiger partial charge in [-0.05, 0) is 75.4 Å². The fourth-order valence-electron chi connectivity index (χ4n) is 3.57. The van der Waals surface area contributed by atoms with Crippen molar-refractivity contribution in [1.82, 2.24) is 20.2 Å². The Morgan fingerprint density at radius 3 is 2.36 bits per heavy atom. The minimum Gasteiger partial charge on any atom is -0.482 e. The average molecular weight is 556 g/mol. The zero-order chi connectivity index (χ0) is 27.3. The molecule has 12 heteroatoms. The molecule has 0 spiro atoms. The Morgan fingerprint density at radius 2 is 1.69 bits per heavy atom. The van der Waals surface area contributed by atoms with Crippen LogP contribution in [-0.2, 0) is 16.1 Å². The van der Waals surface area contributed by atoms with Crippen molar-refractivity contribution in [2.75, 3.05) is 37.9 Å². The number of anilines is 4. The molecule has 0 unspecified atom stereocenters. The van der Waals surface area contributed by atoms with Crippen LogP contribution in [-0.4, -0.2) is 65.1 Å². The normalized spacial score (nSPS) is 11.3. The molecule has 39 heavy (non-hydrogen) atoms. The number of nitrogens with one attached hydrogen (secondary N) is 3. The summed E-state index contributed by atoms with van der Waals surface area (Å²) in [5.41, 5.74) is 8.55. The van der Waals surface area contributed by atoms with Crippen LogP contribution < -0.4 is 26.4 Å². The van der Waals surface area contributed by atoms with Crippen molar-refractivity contribution in [3.8, 4) is 5.75 Å². The summed E-state index contributed by atoms with van der Waals surface area (Å²) in [6.07, 6.45) is 4.03. The maximum atomic E-state index is 12.4. The summed E-state index contributed by atoms with van der Waals surface area (Å²) >= 11 is 0. The number of carboxylic acids is 1. The molecule has 1 aromatic heterocycles. The highest BCUT2D eigenvalue weighted by Gasteiger charge is 2.13.